The Kier molecular flexibility index (Phi) is 6.49. The van der Waals surface area contributed by atoms with Crippen LogP contribution in [-0.4, -0.2) is 35.1 Å². The summed E-state index contributed by atoms with van der Waals surface area (Å²) in [5, 5.41) is 9.04. The van der Waals surface area contributed by atoms with Gasteiger partial charge in [-0.1, -0.05) is 24.3 Å². The lowest BCUT2D eigenvalue weighted by molar-refractivity contribution is -0.120. The molecule has 0 spiro atoms. The van der Waals surface area contributed by atoms with E-state index in [9.17, 15) is 4.79 Å². The van der Waals surface area contributed by atoms with Crippen LogP contribution in [0, 0.1) is 0 Å². The lowest BCUT2D eigenvalue weighted by Gasteiger charge is -2.25. The summed E-state index contributed by atoms with van der Waals surface area (Å²) in [6.07, 6.45) is 0.293. The van der Waals surface area contributed by atoms with Crippen molar-refractivity contribution in [3.63, 3.8) is 0 Å². The van der Waals surface area contributed by atoms with Crippen LogP contribution < -0.4 is 11.3 Å². The third-order valence-electron chi connectivity index (χ3n) is 3.05. The number of aliphatic hydroxyl groups excluding tert-OH is 1. The van der Waals surface area contributed by atoms with E-state index in [0.717, 1.165) is 12.1 Å². The summed E-state index contributed by atoms with van der Waals surface area (Å²) in [5.41, 5.74) is 4.22. The van der Waals surface area contributed by atoms with Gasteiger partial charge in [-0.2, -0.15) is 0 Å². The van der Waals surface area contributed by atoms with E-state index in [-0.39, 0.29) is 12.5 Å². The van der Waals surface area contributed by atoms with Gasteiger partial charge in [0.15, 0.2) is 0 Å². The first-order valence-corrected chi connectivity index (χ1v) is 6.49. The molecule has 0 aromatic heterocycles. The molecule has 0 radical (unpaired) electrons. The van der Waals surface area contributed by atoms with Crippen molar-refractivity contribution in [3.8, 4) is 0 Å². The SMILES string of the molecule is CC(C)N(CCO)Cc1ccc(CC(=O)NN)cc1. The minimum Gasteiger partial charge on any atom is -0.395 e. The molecule has 0 heterocycles. The highest BCUT2D eigenvalue weighted by Crippen LogP contribution is 2.10. The molecule has 1 aromatic rings. The van der Waals surface area contributed by atoms with E-state index < -0.39 is 0 Å². The number of rotatable bonds is 7. The average Bonchev–Trinajstić information content (AvgIpc) is 2.40. The molecule has 0 aliphatic heterocycles. The Morgan fingerprint density at radius 3 is 2.37 bits per heavy atom. The first-order chi connectivity index (χ1) is 9.06. The normalized spacial score (nSPS) is 11.1. The molecule has 0 unspecified atom stereocenters. The number of carbonyl (C=O) groups excluding carboxylic acids is 1. The molecule has 5 nitrogen and oxygen atoms in total. The fraction of sp³-hybridized carbons (Fsp3) is 0.500. The van der Waals surface area contributed by atoms with Gasteiger partial charge in [-0.3, -0.25) is 15.1 Å². The molecule has 1 amide bonds. The molecule has 4 N–H and O–H groups in total. The van der Waals surface area contributed by atoms with E-state index in [2.05, 4.69) is 24.2 Å². The summed E-state index contributed by atoms with van der Waals surface area (Å²) in [6.45, 7) is 5.83. The van der Waals surface area contributed by atoms with E-state index in [4.69, 9.17) is 10.9 Å². The zero-order valence-corrected chi connectivity index (χ0v) is 11.6. The molecule has 0 aliphatic rings. The third kappa shape index (κ3) is 5.38. The average molecular weight is 265 g/mol. The zero-order valence-electron chi connectivity index (χ0n) is 11.6. The number of nitrogens with two attached hydrogens (primary N) is 1. The number of aliphatic hydroxyl groups is 1. The third-order valence-corrected chi connectivity index (χ3v) is 3.05. The molecule has 0 aliphatic carbocycles. The Bertz CT molecular complexity index is 390. The van der Waals surface area contributed by atoms with Crippen molar-refractivity contribution in [1.82, 2.24) is 10.3 Å². The van der Waals surface area contributed by atoms with Crippen molar-refractivity contribution in [1.29, 1.82) is 0 Å². The van der Waals surface area contributed by atoms with E-state index in [1.807, 2.05) is 24.3 Å². The number of benzene rings is 1. The van der Waals surface area contributed by atoms with Crippen molar-refractivity contribution in [2.24, 2.45) is 5.84 Å². The second kappa shape index (κ2) is 7.89. The Morgan fingerprint density at radius 1 is 1.32 bits per heavy atom. The number of nitrogens with one attached hydrogen (secondary N) is 1. The molecule has 106 valence electrons. The van der Waals surface area contributed by atoms with Gasteiger partial charge < -0.3 is 5.11 Å². The molecule has 1 rings (SSSR count). The Hall–Kier alpha value is -1.43. The van der Waals surface area contributed by atoms with E-state index in [1.54, 1.807) is 0 Å². The minimum atomic E-state index is -0.197. The largest absolute Gasteiger partial charge is 0.395 e. The highest BCUT2D eigenvalue weighted by Gasteiger charge is 2.09. The molecule has 0 bridgehead atoms. The second-order valence-electron chi connectivity index (χ2n) is 4.85. The highest BCUT2D eigenvalue weighted by atomic mass is 16.3. The molecule has 0 fully saturated rings. The van der Waals surface area contributed by atoms with Crippen LogP contribution in [0.1, 0.15) is 25.0 Å². The highest BCUT2D eigenvalue weighted by molar-refractivity contribution is 5.77. The van der Waals surface area contributed by atoms with Gasteiger partial charge in [0.2, 0.25) is 5.91 Å². The van der Waals surface area contributed by atoms with Crippen LogP contribution in [0.4, 0.5) is 0 Å². The second-order valence-corrected chi connectivity index (χ2v) is 4.85. The summed E-state index contributed by atoms with van der Waals surface area (Å²) >= 11 is 0. The van der Waals surface area contributed by atoms with Gasteiger partial charge in [0.1, 0.15) is 0 Å². The Balaban J connectivity index is 2.62. The molecular formula is C14H23N3O2. The summed E-state index contributed by atoms with van der Waals surface area (Å²) in [5.74, 6) is 4.86. The Morgan fingerprint density at radius 2 is 1.89 bits per heavy atom. The van der Waals surface area contributed by atoms with Crippen molar-refractivity contribution in [2.45, 2.75) is 32.9 Å². The van der Waals surface area contributed by atoms with Crippen molar-refractivity contribution in [2.75, 3.05) is 13.2 Å². The number of hydrogen-bond donors (Lipinski definition) is 3. The number of hydrazine groups is 1. The van der Waals surface area contributed by atoms with Crippen LogP contribution in [0.25, 0.3) is 0 Å². The fourth-order valence-electron chi connectivity index (χ4n) is 1.88. The van der Waals surface area contributed by atoms with Gasteiger partial charge >= 0.3 is 0 Å². The lowest BCUT2D eigenvalue weighted by atomic mass is 10.1. The molecular weight excluding hydrogens is 242 g/mol. The van der Waals surface area contributed by atoms with Crippen LogP contribution >= 0.6 is 0 Å². The molecule has 19 heavy (non-hydrogen) atoms. The standard InChI is InChI=1S/C14H23N3O2/c1-11(2)17(7-8-18)10-13-5-3-12(4-6-13)9-14(19)16-15/h3-6,11,18H,7-10,15H2,1-2H3,(H,16,19). The monoisotopic (exact) mass is 265 g/mol. The van der Waals surface area contributed by atoms with Crippen molar-refractivity contribution >= 4 is 5.91 Å². The van der Waals surface area contributed by atoms with Gasteiger partial charge in [-0.25, -0.2) is 5.84 Å². The topological polar surface area (TPSA) is 78.6 Å². The number of hydrogen-bond acceptors (Lipinski definition) is 4. The summed E-state index contributed by atoms with van der Waals surface area (Å²) < 4.78 is 0. The van der Waals surface area contributed by atoms with E-state index in [1.165, 1.54) is 5.56 Å². The number of carbonyl (C=O) groups is 1. The quantitative estimate of drug-likeness (QED) is 0.379. The fourth-order valence-corrected chi connectivity index (χ4v) is 1.88. The summed E-state index contributed by atoms with van der Waals surface area (Å²) in [7, 11) is 0. The lowest BCUT2D eigenvalue weighted by Crippen LogP contribution is -2.33. The molecule has 0 saturated carbocycles. The number of nitrogens with zero attached hydrogens (tertiary/aromatic N) is 1. The van der Waals surface area contributed by atoms with Gasteiger partial charge in [-0.05, 0) is 25.0 Å². The van der Waals surface area contributed by atoms with Crippen molar-refractivity contribution < 1.29 is 9.90 Å². The van der Waals surface area contributed by atoms with Crippen LogP contribution in [0.5, 0.6) is 0 Å². The predicted octanol–water partition coefficient (Wildman–Crippen LogP) is 0.422. The molecule has 0 atom stereocenters. The molecule has 5 heteroatoms. The Labute approximate surface area is 114 Å². The number of amides is 1. The summed E-state index contributed by atoms with van der Waals surface area (Å²) in [6, 6.07) is 8.26. The maximum absolute atomic E-state index is 11.1. The predicted molar refractivity (Wildman–Crippen MR) is 75.1 cm³/mol. The van der Waals surface area contributed by atoms with E-state index >= 15 is 0 Å². The van der Waals surface area contributed by atoms with Gasteiger partial charge in [0.05, 0.1) is 13.0 Å². The van der Waals surface area contributed by atoms with E-state index in [0.29, 0.717) is 19.0 Å². The molecule has 1 aromatic carbocycles. The van der Waals surface area contributed by atoms with Crippen LogP contribution in [-0.2, 0) is 17.8 Å². The first kappa shape index (κ1) is 15.6. The van der Waals surface area contributed by atoms with Crippen LogP contribution in [0.15, 0.2) is 24.3 Å². The molecule has 0 saturated heterocycles. The van der Waals surface area contributed by atoms with Gasteiger partial charge in [0, 0.05) is 19.1 Å². The smallest absolute Gasteiger partial charge is 0.238 e. The van der Waals surface area contributed by atoms with Gasteiger partial charge in [0.25, 0.3) is 0 Å². The van der Waals surface area contributed by atoms with Gasteiger partial charge in [-0.15, -0.1) is 0 Å². The maximum atomic E-state index is 11.1. The van der Waals surface area contributed by atoms with Crippen molar-refractivity contribution in [3.05, 3.63) is 35.4 Å². The maximum Gasteiger partial charge on any atom is 0.238 e. The first-order valence-electron chi connectivity index (χ1n) is 6.49. The van der Waals surface area contributed by atoms with Crippen LogP contribution in [0.2, 0.25) is 0 Å². The minimum absolute atomic E-state index is 0.160. The zero-order chi connectivity index (χ0) is 14.3. The van der Waals surface area contributed by atoms with Crippen LogP contribution in [0.3, 0.4) is 0 Å². The summed E-state index contributed by atoms with van der Waals surface area (Å²) in [4.78, 5) is 13.3.